The van der Waals surface area contributed by atoms with Gasteiger partial charge in [0.1, 0.15) is 0 Å². The minimum Gasteiger partial charge on any atom is -0.255 e. The fourth-order valence-corrected chi connectivity index (χ4v) is 4.32. The smallest absolute Gasteiger partial charge is 0.255 e. The minimum atomic E-state index is -4.23. The summed E-state index contributed by atoms with van der Waals surface area (Å²) in [4.78, 5) is 5.61. The molecule has 2 aromatic heterocycles. The van der Waals surface area contributed by atoms with Gasteiger partial charge in [-0.05, 0) is 41.0 Å². The van der Waals surface area contributed by atoms with E-state index < -0.39 is 11.6 Å². The Hall–Kier alpha value is -2.40. The van der Waals surface area contributed by atoms with Crippen LogP contribution in [-0.4, -0.2) is 11.2 Å². The number of halogens is 3. The van der Waals surface area contributed by atoms with Crippen LogP contribution in [0.3, 0.4) is 0 Å². The van der Waals surface area contributed by atoms with Crippen LogP contribution in [0.15, 0.2) is 60.8 Å². The standard InChI is InChI=1S/C22H18F3NS/c1-21(2,22(23,24)25)13-14-7-8-17-15(11-14)9-10-26-20(17)19-12-16-5-3-4-6-18(16)27-19/h3-12H,13H2,1-2H3. The maximum Gasteiger partial charge on any atom is 0.394 e. The van der Waals surface area contributed by atoms with Crippen molar-refractivity contribution in [2.24, 2.45) is 5.41 Å². The van der Waals surface area contributed by atoms with Gasteiger partial charge in [0.2, 0.25) is 0 Å². The van der Waals surface area contributed by atoms with Gasteiger partial charge in [-0.15, -0.1) is 11.3 Å². The van der Waals surface area contributed by atoms with E-state index >= 15 is 0 Å². The predicted molar refractivity (Wildman–Crippen MR) is 106 cm³/mol. The van der Waals surface area contributed by atoms with Gasteiger partial charge in [-0.25, -0.2) is 0 Å². The van der Waals surface area contributed by atoms with Gasteiger partial charge in [0.15, 0.2) is 0 Å². The second-order valence-corrected chi connectivity index (χ2v) is 8.51. The normalized spacial score (nSPS) is 12.8. The fraction of sp³-hybridized carbons (Fsp3) is 0.227. The monoisotopic (exact) mass is 385 g/mol. The minimum absolute atomic E-state index is 0.0486. The molecule has 2 heterocycles. The van der Waals surface area contributed by atoms with Crippen molar-refractivity contribution in [3.05, 3.63) is 66.4 Å². The molecule has 27 heavy (non-hydrogen) atoms. The molecule has 1 nitrogen and oxygen atoms in total. The summed E-state index contributed by atoms with van der Waals surface area (Å²) in [6.07, 6.45) is -2.56. The molecule has 0 aliphatic rings. The van der Waals surface area contributed by atoms with Gasteiger partial charge in [-0.2, -0.15) is 13.2 Å². The number of fused-ring (bicyclic) bond motifs is 2. The fourth-order valence-electron chi connectivity index (χ4n) is 3.24. The molecule has 4 aromatic rings. The summed E-state index contributed by atoms with van der Waals surface area (Å²) in [5.41, 5.74) is -0.212. The van der Waals surface area contributed by atoms with Gasteiger partial charge < -0.3 is 0 Å². The SMILES string of the molecule is CC(C)(Cc1ccc2c(-c3cc4ccccc4s3)nccc2c1)C(F)(F)F. The Labute approximate surface area is 159 Å². The van der Waals surface area contributed by atoms with Crippen molar-refractivity contribution in [1.82, 2.24) is 4.98 Å². The molecule has 0 fully saturated rings. The number of alkyl halides is 3. The van der Waals surface area contributed by atoms with Crippen LogP contribution >= 0.6 is 11.3 Å². The van der Waals surface area contributed by atoms with Crippen molar-refractivity contribution in [2.45, 2.75) is 26.4 Å². The quantitative estimate of drug-likeness (QED) is 0.362. The zero-order valence-corrected chi connectivity index (χ0v) is 15.8. The second kappa shape index (κ2) is 6.34. The number of rotatable bonds is 3. The first kappa shape index (κ1) is 18.0. The summed E-state index contributed by atoms with van der Waals surface area (Å²) in [7, 11) is 0. The predicted octanol–water partition coefficient (Wildman–Crippen LogP) is 7.25. The van der Waals surface area contributed by atoms with Gasteiger partial charge in [0, 0.05) is 16.3 Å². The maximum atomic E-state index is 13.2. The summed E-state index contributed by atoms with van der Waals surface area (Å²) in [5.74, 6) is 0. The Kier molecular flexibility index (Phi) is 4.22. The zero-order valence-electron chi connectivity index (χ0n) is 15.0. The van der Waals surface area contributed by atoms with E-state index in [1.54, 1.807) is 23.6 Å². The lowest BCUT2D eigenvalue weighted by Gasteiger charge is -2.27. The Balaban J connectivity index is 1.77. The first-order valence-electron chi connectivity index (χ1n) is 8.68. The molecule has 0 aliphatic heterocycles. The highest BCUT2D eigenvalue weighted by atomic mass is 32.1. The van der Waals surface area contributed by atoms with E-state index in [9.17, 15) is 13.2 Å². The Morgan fingerprint density at radius 2 is 1.70 bits per heavy atom. The first-order chi connectivity index (χ1) is 12.7. The molecule has 0 atom stereocenters. The van der Waals surface area contributed by atoms with Crippen molar-refractivity contribution in [3.63, 3.8) is 0 Å². The highest BCUT2D eigenvalue weighted by Gasteiger charge is 2.46. The number of aromatic nitrogens is 1. The maximum absolute atomic E-state index is 13.2. The zero-order chi connectivity index (χ0) is 19.2. The molecule has 138 valence electrons. The Bertz CT molecular complexity index is 1090. The molecule has 0 unspecified atom stereocenters. The van der Waals surface area contributed by atoms with Crippen molar-refractivity contribution < 1.29 is 13.2 Å². The molecule has 0 aliphatic carbocycles. The summed E-state index contributed by atoms with van der Waals surface area (Å²) in [6.45, 7) is 2.48. The number of thiophene rings is 1. The average molecular weight is 385 g/mol. The van der Waals surface area contributed by atoms with Crippen LogP contribution in [0.5, 0.6) is 0 Å². The molecular weight excluding hydrogens is 367 g/mol. The lowest BCUT2D eigenvalue weighted by molar-refractivity contribution is -0.211. The molecule has 0 radical (unpaired) electrons. The number of nitrogens with zero attached hydrogens (tertiary/aromatic N) is 1. The van der Waals surface area contributed by atoms with Gasteiger partial charge in [0.25, 0.3) is 0 Å². The third-order valence-corrected chi connectivity index (χ3v) is 6.02. The number of pyridine rings is 1. The summed E-state index contributed by atoms with van der Waals surface area (Å²) in [6, 6.07) is 17.7. The third kappa shape index (κ3) is 3.32. The molecule has 0 N–H and O–H groups in total. The average Bonchev–Trinajstić information content (AvgIpc) is 3.03. The molecular formula is C22H18F3NS. The van der Waals surface area contributed by atoms with Crippen molar-refractivity contribution in [3.8, 4) is 10.6 Å². The Morgan fingerprint density at radius 3 is 2.44 bits per heavy atom. The van der Waals surface area contributed by atoms with Crippen molar-refractivity contribution in [2.75, 3.05) is 0 Å². The van der Waals surface area contributed by atoms with Crippen LogP contribution in [0.25, 0.3) is 31.4 Å². The van der Waals surface area contributed by atoms with Crippen LogP contribution in [0, 0.1) is 5.41 Å². The largest absolute Gasteiger partial charge is 0.394 e. The lowest BCUT2D eigenvalue weighted by Crippen LogP contribution is -2.34. The van der Waals surface area contributed by atoms with Gasteiger partial charge in [-0.3, -0.25) is 4.98 Å². The summed E-state index contributed by atoms with van der Waals surface area (Å²) in [5, 5.41) is 3.03. The topological polar surface area (TPSA) is 12.9 Å². The molecule has 0 bridgehead atoms. The van der Waals surface area contributed by atoms with E-state index in [1.165, 1.54) is 23.9 Å². The number of benzene rings is 2. The molecule has 5 heteroatoms. The molecule has 2 aromatic carbocycles. The molecule has 0 saturated heterocycles. The van der Waals surface area contributed by atoms with E-state index in [4.69, 9.17) is 0 Å². The third-order valence-electron chi connectivity index (χ3n) is 4.90. The summed E-state index contributed by atoms with van der Waals surface area (Å²) < 4.78 is 40.8. The molecule has 0 amide bonds. The van der Waals surface area contributed by atoms with Gasteiger partial charge in [-0.1, -0.05) is 50.2 Å². The number of hydrogen-bond acceptors (Lipinski definition) is 2. The van der Waals surface area contributed by atoms with E-state index in [0.717, 1.165) is 21.3 Å². The lowest BCUT2D eigenvalue weighted by atomic mass is 9.84. The van der Waals surface area contributed by atoms with Crippen LogP contribution in [0.2, 0.25) is 0 Å². The Morgan fingerprint density at radius 1 is 0.926 bits per heavy atom. The van der Waals surface area contributed by atoms with Crippen LogP contribution in [-0.2, 0) is 6.42 Å². The van der Waals surface area contributed by atoms with Crippen molar-refractivity contribution in [1.29, 1.82) is 0 Å². The molecule has 0 saturated carbocycles. The molecule has 4 rings (SSSR count). The van der Waals surface area contributed by atoms with Crippen molar-refractivity contribution >= 4 is 32.2 Å². The van der Waals surface area contributed by atoms with E-state index in [2.05, 4.69) is 23.2 Å². The van der Waals surface area contributed by atoms with E-state index in [1.807, 2.05) is 30.3 Å². The highest BCUT2D eigenvalue weighted by Crippen LogP contribution is 2.41. The number of hydrogen-bond donors (Lipinski definition) is 0. The van der Waals surface area contributed by atoms with Gasteiger partial charge >= 0.3 is 6.18 Å². The first-order valence-corrected chi connectivity index (χ1v) is 9.50. The van der Waals surface area contributed by atoms with E-state index in [0.29, 0.717) is 5.56 Å². The van der Waals surface area contributed by atoms with E-state index in [-0.39, 0.29) is 6.42 Å². The van der Waals surface area contributed by atoms with Gasteiger partial charge in [0.05, 0.1) is 16.0 Å². The second-order valence-electron chi connectivity index (χ2n) is 7.42. The van der Waals surface area contributed by atoms with Crippen LogP contribution < -0.4 is 0 Å². The molecule has 0 spiro atoms. The summed E-state index contributed by atoms with van der Waals surface area (Å²) >= 11 is 1.67. The van der Waals surface area contributed by atoms with Crippen LogP contribution in [0.1, 0.15) is 19.4 Å². The highest BCUT2D eigenvalue weighted by molar-refractivity contribution is 7.22. The van der Waals surface area contributed by atoms with Crippen LogP contribution in [0.4, 0.5) is 13.2 Å².